The Bertz CT molecular complexity index is 924. The van der Waals surface area contributed by atoms with Crippen molar-refractivity contribution in [3.8, 4) is 5.69 Å². The van der Waals surface area contributed by atoms with Gasteiger partial charge in [0.2, 0.25) is 0 Å². The highest BCUT2D eigenvalue weighted by atomic mass is 16.5. The summed E-state index contributed by atoms with van der Waals surface area (Å²) in [6, 6.07) is 16.8. The van der Waals surface area contributed by atoms with Gasteiger partial charge < -0.3 is 10.1 Å². The van der Waals surface area contributed by atoms with E-state index in [-0.39, 0.29) is 11.8 Å². The summed E-state index contributed by atoms with van der Waals surface area (Å²) >= 11 is 0. The first-order chi connectivity index (χ1) is 14.1. The summed E-state index contributed by atoms with van der Waals surface area (Å²) in [5, 5.41) is 6.91. The Morgan fingerprint density at radius 3 is 2.45 bits per heavy atom. The van der Waals surface area contributed by atoms with Crippen LogP contribution >= 0.6 is 0 Å². The lowest BCUT2D eigenvalue weighted by molar-refractivity contribution is -0.129. The fourth-order valence-electron chi connectivity index (χ4n) is 2.96. The van der Waals surface area contributed by atoms with Crippen LogP contribution in [0.25, 0.3) is 5.69 Å². The largest absolute Gasteiger partial charge is 0.449 e. The lowest BCUT2D eigenvalue weighted by Gasteiger charge is -2.18. The van der Waals surface area contributed by atoms with Gasteiger partial charge in [0.1, 0.15) is 12.7 Å². The molecular formula is C22H24N4O3. The van der Waals surface area contributed by atoms with Crippen LogP contribution in [0.1, 0.15) is 42.1 Å². The Kier molecular flexibility index (Phi) is 6.73. The van der Waals surface area contributed by atoms with Crippen molar-refractivity contribution in [2.75, 3.05) is 6.54 Å². The third kappa shape index (κ3) is 5.28. The smallest absolute Gasteiger partial charge is 0.338 e. The van der Waals surface area contributed by atoms with Crippen LogP contribution in [0.4, 0.5) is 0 Å². The van der Waals surface area contributed by atoms with Gasteiger partial charge in [-0.25, -0.2) is 14.5 Å². The number of benzene rings is 2. The number of aromatic nitrogens is 3. The van der Waals surface area contributed by atoms with E-state index in [1.165, 1.54) is 11.9 Å². The Morgan fingerprint density at radius 1 is 1.10 bits per heavy atom. The summed E-state index contributed by atoms with van der Waals surface area (Å²) in [6.07, 6.45) is 3.02. The highest BCUT2D eigenvalue weighted by molar-refractivity contribution is 5.92. The van der Waals surface area contributed by atoms with Crippen LogP contribution in [0.3, 0.4) is 0 Å². The molecule has 2 atom stereocenters. The van der Waals surface area contributed by atoms with Gasteiger partial charge in [0.05, 0.1) is 11.3 Å². The molecule has 1 heterocycles. The van der Waals surface area contributed by atoms with Crippen molar-refractivity contribution >= 4 is 11.9 Å². The van der Waals surface area contributed by atoms with E-state index in [1.54, 1.807) is 42.2 Å². The molecule has 150 valence electrons. The zero-order valence-corrected chi connectivity index (χ0v) is 16.5. The molecular weight excluding hydrogens is 368 g/mol. The maximum atomic E-state index is 12.4. The maximum absolute atomic E-state index is 12.4. The molecule has 3 rings (SSSR count). The van der Waals surface area contributed by atoms with E-state index in [0.717, 1.165) is 12.1 Å². The molecule has 0 fully saturated rings. The first kappa shape index (κ1) is 20.3. The number of nitrogens with zero attached hydrogens (tertiary/aromatic N) is 3. The minimum Gasteiger partial charge on any atom is -0.449 e. The zero-order valence-electron chi connectivity index (χ0n) is 16.5. The standard InChI is InChI=1S/C22H24N4O3/c1-3-17(18-7-5-4-6-8-18)13-24-21(27)16(2)29-22(28)19-9-11-20(12-10-19)26-15-23-14-25-26/h4-12,14-17H,3,13H2,1-2H3,(H,24,27)/t16-,17+/m1/s1. The molecule has 0 bridgehead atoms. The van der Waals surface area contributed by atoms with E-state index in [9.17, 15) is 9.59 Å². The first-order valence-electron chi connectivity index (χ1n) is 9.57. The topological polar surface area (TPSA) is 86.1 Å². The number of rotatable bonds is 8. The van der Waals surface area contributed by atoms with Crippen molar-refractivity contribution in [2.45, 2.75) is 32.3 Å². The van der Waals surface area contributed by atoms with E-state index >= 15 is 0 Å². The monoisotopic (exact) mass is 392 g/mol. The molecule has 1 N–H and O–H groups in total. The summed E-state index contributed by atoms with van der Waals surface area (Å²) in [6.45, 7) is 4.14. The molecule has 0 aliphatic heterocycles. The van der Waals surface area contributed by atoms with E-state index in [4.69, 9.17) is 4.74 Å². The van der Waals surface area contributed by atoms with Crippen LogP contribution in [-0.2, 0) is 9.53 Å². The van der Waals surface area contributed by atoms with Crippen LogP contribution in [0.2, 0.25) is 0 Å². The molecule has 0 radical (unpaired) electrons. The summed E-state index contributed by atoms with van der Waals surface area (Å²) in [5.74, 6) is -0.646. The van der Waals surface area contributed by atoms with Crippen molar-refractivity contribution in [3.05, 3.63) is 78.4 Å². The van der Waals surface area contributed by atoms with Gasteiger partial charge >= 0.3 is 5.97 Å². The molecule has 0 aliphatic rings. The lowest BCUT2D eigenvalue weighted by atomic mass is 9.96. The van der Waals surface area contributed by atoms with Crippen molar-refractivity contribution in [2.24, 2.45) is 0 Å². The van der Waals surface area contributed by atoms with Crippen molar-refractivity contribution in [1.82, 2.24) is 20.1 Å². The highest BCUT2D eigenvalue weighted by Crippen LogP contribution is 2.18. The number of hydrogen-bond donors (Lipinski definition) is 1. The molecule has 2 aromatic carbocycles. The fraction of sp³-hybridized carbons (Fsp3) is 0.273. The Balaban J connectivity index is 1.53. The number of amides is 1. The van der Waals surface area contributed by atoms with Gasteiger partial charge in [0, 0.05) is 12.5 Å². The molecule has 29 heavy (non-hydrogen) atoms. The van der Waals surface area contributed by atoms with Gasteiger partial charge in [0.15, 0.2) is 6.10 Å². The van der Waals surface area contributed by atoms with Crippen LogP contribution in [-0.4, -0.2) is 39.3 Å². The zero-order chi connectivity index (χ0) is 20.6. The maximum Gasteiger partial charge on any atom is 0.338 e. The summed E-state index contributed by atoms with van der Waals surface area (Å²) < 4.78 is 6.90. The van der Waals surface area contributed by atoms with Gasteiger partial charge in [-0.1, -0.05) is 37.3 Å². The summed E-state index contributed by atoms with van der Waals surface area (Å²) in [5.41, 5.74) is 2.31. The van der Waals surface area contributed by atoms with Crippen molar-refractivity contribution < 1.29 is 14.3 Å². The minimum atomic E-state index is -0.884. The molecule has 0 aliphatic carbocycles. The van der Waals surface area contributed by atoms with Crippen molar-refractivity contribution in [3.63, 3.8) is 0 Å². The Labute approximate surface area is 169 Å². The van der Waals surface area contributed by atoms with Crippen LogP contribution in [0.15, 0.2) is 67.3 Å². The van der Waals surface area contributed by atoms with Gasteiger partial charge in [0.25, 0.3) is 5.91 Å². The Morgan fingerprint density at radius 2 is 1.83 bits per heavy atom. The lowest BCUT2D eigenvalue weighted by Crippen LogP contribution is -2.38. The third-order valence-electron chi connectivity index (χ3n) is 4.73. The predicted octanol–water partition coefficient (Wildman–Crippen LogP) is 3.12. The van der Waals surface area contributed by atoms with E-state index in [0.29, 0.717) is 12.1 Å². The van der Waals surface area contributed by atoms with Crippen LogP contribution < -0.4 is 5.32 Å². The molecule has 1 amide bonds. The first-order valence-corrected chi connectivity index (χ1v) is 9.57. The quantitative estimate of drug-likeness (QED) is 0.595. The molecule has 0 spiro atoms. The predicted molar refractivity (Wildman–Crippen MR) is 109 cm³/mol. The number of ether oxygens (including phenoxy) is 1. The number of hydrogen-bond acceptors (Lipinski definition) is 5. The van der Waals surface area contributed by atoms with Crippen LogP contribution in [0.5, 0.6) is 0 Å². The molecule has 0 saturated carbocycles. The Hall–Kier alpha value is -3.48. The third-order valence-corrected chi connectivity index (χ3v) is 4.73. The second-order valence-electron chi connectivity index (χ2n) is 6.70. The van der Waals surface area contributed by atoms with E-state index in [1.807, 2.05) is 30.3 Å². The van der Waals surface area contributed by atoms with Gasteiger partial charge in [-0.2, -0.15) is 5.10 Å². The summed E-state index contributed by atoms with van der Waals surface area (Å²) in [7, 11) is 0. The van der Waals surface area contributed by atoms with Crippen LogP contribution in [0, 0.1) is 0 Å². The fourth-order valence-corrected chi connectivity index (χ4v) is 2.96. The van der Waals surface area contributed by atoms with Crippen molar-refractivity contribution in [1.29, 1.82) is 0 Å². The number of nitrogens with one attached hydrogen (secondary N) is 1. The van der Waals surface area contributed by atoms with Gasteiger partial charge in [-0.3, -0.25) is 4.79 Å². The minimum absolute atomic E-state index is 0.215. The van der Waals surface area contributed by atoms with Gasteiger partial charge in [-0.05, 0) is 43.2 Å². The number of carbonyl (C=O) groups is 2. The molecule has 3 aromatic rings. The number of carbonyl (C=O) groups excluding carboxylic acids is 2. The highest BCUT2D eigenvalue weighted by Gasteiger charge is 2.20. The normalized spacial score (nSPS) is 12.8. The second-order valence-corrected chi connectivity index (χ2v) is 6.70. The molecule has 0 unspecified atom stereocenters. The number of esters is 1. The SMILES string of the molecule is CC[C@@H](CNC(=O)[C@@H](C)OC(=O)c1ccc(-n2cncn2)cc1)c1ccccc1. The average Bonchev–Trinajstić information content (AvgIpc) is 3.30. The molecule has 7 nitrogen and oxygen atoms in total. The average molecular weight is 392 g/mol. The molecule has 0 saturated heterocycles. The molecule has 1 aromatic heterocycles. The van der Waals surface area contributed by atoms with E-state index < -0.39 is 12.1 Å². The van der Waals surface area contributed by atoms with Gasteiger partial charge in [-0.15, -0.1) is 0 Å². The summed E-state index contributed by atoms with van der Waals surface area (Å²) in [4.78, 5) is 28.6. The van der Waals surface area contributed by atoms with E-state index in [2.05, 4.69) is 22.3 Å². The second kappa shape index (κ2) is 9.64. The molecule has 7 heteroatoms.